The number of benzene rings is 1. The summed E-state index contributed by atoms with van der Waals surface area (Å²) < 4.78 is 1.61. The lowest BCUT2D eigenvalue weighted by molar-refractivity contribution is 0.232. The van der Waals surface area contributed by atoms with Gasteiger partial charge in [0.1, 0.15) is 11.6 Å². The van der Waals surface area contributed by atoms with Crippen molar-refractivity contribution in [2.75, 3.05) is 30.3 Å². The number of amides is 2. The molecule has 1 aliphatic heterocycles. The first-order chi connectivity index (χ1) is 16.2. The van der Waals surface area contributed by atoms with Crippen LogP contribution in [0, 0.1) is 0 Å². The molecule has 182 valence electrons. The van der Waals surface area contributed by atoms with Gasteiger partial charge in [0.2, 0.25) is 0 Å². The molecule has 0 unspecified atom stereocenters. The number of anilines is 2. The number of rotatable bonds is 6. The van der Waals surface area contributed by atoms with Crippen LogP contribution in [0.1, 0.15) is 50.6 Å². The molecule has 0 spiro atoms. The molecule has 34 heavy (non-hydrogen) atoms. The van der Waals surface area contributed by atoms with Crippen molar-refractivity contribution in [3.8, 4) is 11.4 Å². The lowest BCUT2D eigenvalue weighted by atomic mass is 9.92. The number of phenols is 1. The van der Waals surface area contributed by atoms with Gasteiger partial charge in [0.25, 0.3) is 0 Å². The summed E-state index contributed by atoms with van der Waals surface area (Å²) in [6.45, 7) is 9.51. The Kier molecular flexibility index (Phi) is 7.45. The molecule has 0 saturated carbocycles. The van der Waals surface area contributed by atoms with Crippen LogP contribution in [0.4, 0.5) is 15.7 Å². The number of hydrogen-bond donors (Lipinski definition) is 3. The van der Waals surface area contributed by atoms with E-state index in [1.807, 2.05) is 33.0 Å². The molecule has 0 aliphatic carbocycles. The number of piperidine rings is 1. The Balaban J connectivity index is 1.44. The maximum Gasteiger partial charge on any atom is 0.326 e. The average molecular weight is 503 g/mol. The van der Waals surface area contributed by atoms with E-state index in [1.165, 1.54) is 49.8 Å². The van der Waals surface area contributed by atoms with Crippen molar-refractivity contribution in [2.45, 2.75) is 51.9 Å². The van der Waals surface area contributed by atoms with Crippen LogP contribution in [0.25, 0.3) is 5.69 Å². The molecule has 1 aromatic carbocycles. The molecule has 3 N–H and O–H groups in total. The van der Waals surface area contributed by atoms with Crippen LogP contribution < -0.4 is 10.6 Å². The number of aromatic nitrogens is 3. The second-order valence-corrected chi connectivity index (χ2v) is 11.1. The number of halogens is 1. The zero-order chi connectivity index (χ0) is 24.3. The fraction of sp³-hybridized carbons (Fsp3) is 0.458. The largest absolute Gasteiger partial charge is 0.506 e. The molecule has 4 rings (SSSR count). The third-order valence-electron chi connectivity index (χ3n) is 5.79. The van der Waals surface area contributed by atoms with Gasteiger partial charge in [-0.25, -0.2) is 14.5 Å². The summed E-state index contributed by atoms with van der Waals surface area (Å²) in [6.07, 6.45) is 6.66. The van der Waals surface area contributed by atoms with Crippen molar-refractivity contribution in [1.29, 1.82) is 0 Å². The van der Waals surface area contributed by atoms with Crippen molar-refractivity contribution in [1.82, 2.24) is 19.7 Å². The second-order valence-electron chi connectivity index (χ2n) is 9.58. The van der Waals surface area contributed by atoms with E-state index in [0.717, 1.165) is 23.5 Å². The van der Waals surface area contributed by atoms with Gasteiger partial charge < -0.3 is 10.0 Å². The molecular formula is C24H31ClN6O2S. The highest BCUT2D eigenvalue weighted by atomic mass is 35.5. The Labute approximate surface area is 209 Å². The highest BCUT2D eigenvalue weighted by Gasteiger charge is 2.22. The summed E-state index contributed by atoms with van der Waals surface area (Å²) in [5.74, 6) is 0.479. The van der Waals surface area contributed by atoms with Gasteiger partial charge in [-0.05, 0) is 50.6 Å². The summed E-state index contributed by atoms with van der Waals surface area (Å²) in [4.78, 5) is 20.8. The highest BCUT2D eigenvalue weighted by molar-refractivity contribution is 7.15. The number of nitrogens with one attached hydrogen (secondary N) is 2. The van der Waals surface area contributed by atoms with Crippen LogP contribution in [0.3, 0.4) is 0 Å². The molecule has 0 atom stereocenters. The smallest absolute Gasteiger partial charge is 0.326 e. The van der Waals surface area contributed by atoms with Gasteiger partial charge in [0, 0.05) is 29.1 Å². The van der Waals surface area contributed by atoms with Gasteiger partial charge in [0.05, 0.1) is 16.4 Å². The van der Waals surface area contributed by atoms with Gasteiger partial charge in [-0.15, -0.1) is 11.3 Å². The number of thiazole rings is 1. The number of carbonyl (C=O) groups excluding carboxylic acids is 1. The van der Waals surface area contributed by atoms with Crippen molar-refractivity contribution in [3.63, 3.8) is 0 Å². The minimum absolute atomic E-state index is 0.0132. The Morgan fingerprint density at radius 3 is 2.65 bits per heavy atom. The van der Waals surface area contributed by atoms with Crippen LogP contribution in [-0.4, -0.2) is 50.4 Å². The molecule has 0 radical (unpaired) electrons. The first-order valence-corrected chi connectivity index (χ1v) is 12.7. The summed E-state index contributed by atoms with van der Waals surface area (Å²) in [5.41, 5.74) is 1.21. The summed E-state index contributed by atoms with van der Waals surface area (Å²) in [5, 5.41) is 20.9. The van der Waals surface area contributed by atoms with E-state index in [0.29, 0.717) is 16.6 Å². The molecule has 2 amide bonds. The Morgan fingerprint density at radius 1 is 1.18 bits per heavy atom. The van der Waals surface area contributed by atoms with Crippen molar-refractivity contribution in [3.05, 3.63) is 46.1 Å². The SMILES string of the molecule is CC(C)(C)c1cc(NC(=O)Nc2ncc(CCN3CCCCC3)s2)n(-c2ccc(O)c(Cl)c2)n1. The maximum atomic E-state index is 12.8. The second kappa shape index (κ2) is 10.3. The molecule has 1 saturated heterocycles. The molecule has 1 fully saturated rings. The van der Waals surface area contributed by atoms with E-state index in [4.69, 9.17) is 11.6 Å². The Bertz CT molecular complexity index is 1150. The molecule has 3 heterocycles. The van der Waals surface area contributed by atoms with Crippen LogP contribution in [0.2, 0.25) is 5.02 Å². The number of nitrogens with zero attached hydrogens (tertiary/aromatic N) is 4. The molecule has 8 nitrogen and oxygen atoms in total. The first kappa shape index (κ1) is 24.5. The predicted octanol–water partition coefficient (Wildman–Crippen LogP) is 5.66. The Morgan fingerprint density at radius 2 is 1.94 bits per heavy atom. The maximum absolute atomic E-state index is 12.8. The summed E-state index contributed by atoms with van der Waals surface area (Å²) >= 11 is 7.60. The van der Waals surface area contributed by atoms with Crippen molar-refractivity contribution < 1.29 is 9.90 Å². The van der Waals surface area contributed by atoms with Gasteiger partial charge in [-0.1, -0.05) is 38.8 Å². The van der Waals surface area contributed by atoms with Crippen LogP contribution in [0.5, 0.6) is 5.75 Å². The average Bonchev–Trinajstić information content (AvgIpc) is 3.42. The Hall–Kier alpha value is -2.62. The third kappa shape index (κ3) is 6.08. The first-order valence-electron chi connectivity index (χ1n) is 11.5. The van der Waals surface area contributed by atoms with Crippen molar-refractivity contribution in [2.24, 2.45) is 0 Å². The molecular weight excluding hydrogens is 472 g/mol. The molecule has 2 aromatic heterocycles. The molecule has 3 aromatic rings. The monoisotopic (exact) mass is 502 g/mol. The number of carbonyl (C=O) groups is 1. The topological polar surface area (TPSA) is 95.3 Å². The van der Waals surface area contributed by atoms with E-state index in [2.05, 4.69) is 25.6 Å². The van der Waals surface area contributed by atoms with Gasteiger partial charge >= 0.3 is 6.03 Å². The van der Waals surface area contributed by atoms with Gasteiger partial charge in [-0.3, -0.25) is 10.6 Å². The quantitative estimate of drug-likeness (QED) is 0.404. The molecule has 10 heteroatoms. The van der Waals surface area contributed by atoms with E-state index >= 15 is 0 Å². The fourth-order valence-corrected chi connectivity index (χ4v) is 4.81. The number of phenolic OH excluding ortho intramolecular Hbond substituents is 1. The number of hydrogen-bond acceptors (Lipinski definition) is 6. The van der Waals surface area contributed by atoms with Gasteiger partial charge in [-0.2, -0.15) is 5.10 Å². The van der Waals surface area contributed by atoms with E-state index in [-0.39, 0.29) is 16.2 Å². The fourth-order valence-electron chi connectivity index (χ4n) is 3.84. The summed E-state index contributed by atoms with van der Waals surface area (Å²) in [6, 6.07) is 6.24. The van der Waals surface area contributed by atoms with E-state index in [9.17, 15) is 9.90 Å². The molecule has 1 aliphatic rings. The van der Waals surface area contributed by atoms with Gasteiger partial charge in [0.15, 0.2) is 5.13 Å². The zero-order valence-electron chi connectivity index (χ0n) is 19.8. The van der Waals surface area contributed by atoms with E-state index in [1.54, 1.807) is 16.8 Å². The van der Waals surface area contributed by atoms with Crippen LogP contribution in [0.15, 0.2) is 30.5 Å². The van der Waals surface area contributed by atoms with Crippen LogP contribution >= 0.6 is 22.9 Å². The molecule has 0 bridgehead atoms. The summed E-state index contributed by atoms with van der Waals surface area (Å²) in [7, 11) is 0. The van der Waals surface area contributed by atoms with Crippen LogP contribution in [-0.2, 0) is 11.8 Å². The normalized spacial score (nSPS) is 14.8. The van der Waals surface area contributed by atoms with Crippen molar-refractivity contribution >= 4 is 39.9 Å². The minimum Gasteiger partial charge on any atom is -0.506 e. The predicted molar refractivity (Wildman–Crippen MR) is 138 cm³/mol. The number of likely N-dealkylation sites (tertiary alicyclic amines) is 1. The number of aromatic hydroxyl groups is 1. The minimum atomic E-state index is -0.400. The lowest BCUT2D eigenvalue weighted by Gasteiger charge is -2.25. The third-order valence-corrected chi connectivity index (χ3v) is 7.07. The standard InChI is InChI=1S/C24H31ClN6O2S/c1-24(2,3)20-14-21(31(29-20)16-7-8-19(32)18(25)13-16)27-22(33)28-23-26-15-17(34-23)9-12-30-10-5-4-6-11-30/h7-8,13-15,32H,4-6,9-12H2,1-3H3,(H2,26,27,28,33). The zero-order valence-corrected chi connectivity index (χ0v) is 21.3. The van der Waals surface area contributed by atoms with E-state index < -0.39 is 6.03 Å². The number of urea groups is 1. The highest BCUT2D eigenvalue weighted by Crippen LogP contribution is 2.30. The lowest BCUT2D eigenvalue weighted by Crippen LogP contribution is -2.31.